The number of benzene rings is 3. The third-order valence-electron chi connectivity index (χ3n) is 5.31. The highest BCUT2D eigenvalue weighted by molar-refractivity contribution is 9.11. The summed E-state index contributed by atoms with van der Waals surface area (Å²) in [6, 6.07) is 15.9. The molecule has 0 unspecified atom stereocenters. The summed E-state index contributed by atoms with van der Waals surface area (Å²) in [6.45, 7) is 0.873. The van der Waals surface area contributed by atoms with Crippen LogP contribution in [0.3, 0.4) is 0 Å². The zero-order valence-electron chi connectivity index (χ0n) is 17.9. The third kappa shape index (κ3) is 5.77. The predicted octanol–water partition coefficient (Wildman–Crippen LogP) is 5.04. The maximum absolute atomic E-state index is 12.6. The topological polar surface area (TPSA) is 87.7 Å². The minimum atomic E-state index is -3.48. The van der Waals surface area contributed by atoms with Crippen LogP contribution in [0, 0.1) is 0 Å². The molecular formula is C23H21Br2N3O4S2. The highest BCUT2D eigenvalue weighted by Gasteiger charge is 2.26. The fraction of sp³-hybridized carbons (Fsp3) is 0.217. The van der Waals surface area contributed by atoms with Gasteiger partial charge in [0, 0.05) is 23.2 Å². The molecule has 1 aliphatic rings. The predicted molar refractivity (Wildman–Crippen MR) is 144 cm³/mol. The number of anilines is 1. The summed E-state index contributed by atoms with van der Waals surface area (Å²) in [4.78, 5) is 12.5. The average molecular weight is 627 g/mol. The molecule has 178 valence electrons. The van der Waals surface area contributed by atoms with E-state index >= 15 is 0 Å². The number of fused-ring (bicyclic) bond motifs is 1. The summed E-state index contributed by atoms with van der Waals surface area (Å²) in [7, 11) is -3.48. The Labute approximate surface area is 220 Å². The molecule has 2 N–H and O–H groups in total. The van der Waals surface area contributed by atoms with Gasteiger partial charge in [0.25, 0.3) is 5.91 Å². The van der Waals surface area contributed by atoms with Gasteiger partial charge in [-0.05, 0) is 94.2 Å². The molecule has 7 nitrogen and oxygen atoms in total. The minimum Gasteiger partial charge on any atom is -0.483 e. The van der Waals surface area contributed by atoms with Crippen LogP contribution in [0.1, 0.15) is 12.8 Å². The number of halogens is 2. The van der Waals surface area contributed by atoms with Gasteiger partial charge in [0.1, 0.15) is 5.75 Å². The summed E-state index contributed by atoms with van der Waals surface area (Å²) >= 11 is 12.2. The second-order valence-corrected chi connectivity index (χ2v) is 11.7. The van der Waals surface area contributed by atoms with Gasteiger partial charge in [0.2, 0.25) is 10.0 Å². The van der Waals surface area contributed by atoms with E-state index in [0.29, 0.717) is 24.5 Å². The lowest BCUT2D eigenvalue weighted by Crippen LogP contribution is -2.37. The van der Waals surface area contributed by atoms with E-state index in [2.05, 4.69) is 42.5 Å². The number of carbonyl (C=O) groups excluding carboxylic acids is 1. The van der Waals surface area contributed by atoms with Gasteiger partial charge >= 0.3 is 0 Å². The number of carbonyl (C=O) groups is 1. The molecule has 0 aromatic heterocycles. The van der Waals surface area contributed by atoms with E-state index in [9.17, 15) is 13.2 Å². The smallest absolute Gasteiger partial charge is 0.264 e. The number of rotatable bonds is 6. The van der Waals surface area contributed by atoms with E-state index in [0.717, 1.165) is 32.6 Å². The number of nitrogens with one attached hydrogen (secondary N) is 2. The molecule has 1 amide bonds. The Morgan fingerprint density at radius 1 is 1.03 bits per heavy atom. The zero-order valence-corrected chi connectivity index (χ0v) is 22.7. The number of sulfonamides is 1. The highest BCUT2D eigenvalue weighted by atomic mass is 79.9. The fourth-order valence-electron chi connectivity index (χ4n) is 3.61. The van der Waals surface area contributed by atoms with Gasteiger partial charge in [-0.1, -0.05) is 28.1 Å². The molecule has 0 saturated carbocycles. The molecule has 0 radical (unpaired) electrons. The maximum atomic E-state index is 12.6. The van der Waals surface area contributed by atoms with Gasteiger partial charge in [-0.2, -0.15) is 4.31 Å². The highest BCUT2D eigenvalue weighted by Crippen LogP contribution is 2.34. The second kappa shape index (κ2) is 10.7. The van der Waals surface area contributed by atoms with E-state index in [1.54, 1.807) is 18.2 Å². The van der Waals surface area contributed by atoms with Gasteiger partial charge in [-0.15, -0.1) is 0 Å². The quantitative estimate of drug-likeness (QED) is 0.373. The summed E-state index contributed by atoms with van der Waals surface area (Å²) in [5, 5.41) is 7.53. The Morgan fingerprint density at radius 3 is 2.44 bits per heavy atom. The number of ether oxygens (including phenoxy) is 1. The normalized spacial score (nSPS) is 14.2. The van der Waals surface area contributed by atoms with Crippen molar-refractivity contribution in [1.82, 2.24) is 9.62 Å². The first kappa shape index (κ1) is 25.1. The van der Waals surface area contributed by atoms with Gasteiger partial charge in [0.15, 0.2) is 11.7 Å². The molecule has 34 heavy (non-hydrogen) atoms. The summed E-state index contributed by atoms with van der Waals surface area (Å²) in [5.74, 6) is 0.118. The lowest BCUT2D eigenvalue weighted by Gasteiger charge is -2.16. The number of nitrogens with zero attached hydrogens (tertiary/aromatic N) is 1. The first-order valence-electron chi connectivity index (χ1n) is 10.5. The van der Waals surface area contributed by atoms with Crippen LogP contribution in [0.25, 0.3) is 10.8 Å². The third-order valence-corrected chi connectivity index (χ3v) is 8.74. The molecule has 0 bridgehead atoms. The molecule has 0 aliphatic carbocycles. The summed E-state index contributed by atoms with van der Waals surface area (Å²) in [5.41, 5.74) is 0.565. The van der Waals surface area contributed by atoms with Crippen LogP contribution in [-0.4, -0.2) is 43.4 Å². The first-order chi connectivity index (χ1) is 16.2. The molecule has 0 spiro atoms. The van der Waals surface area contributed by atoms with Crippen LogP contribution in [0.5, 0.6) is 5.75 Å². The Bertz CT molecular complexity index is 1340. The molecular weight excluding hydrogens is 606 g/mol. The van der Waals surface area contributed by atoms with E-state index in [4.69, 9.17) is 17.0 Å². The van der Waals surface area contributed by atoms with Crippen molar-refractivity contribution in [3.63, 3.8) is 0 Å². The van der Waals surface area contributed by atoms with Crippen molar-refractivity contribution in [3.05, 3.63) is 63.5 Å². The Morgan fingerprint density at radius 2 is 1.74 bits per heavy atom. The molecule has 0 atom stereocenters. The van der Waals surface area contributed by atoms with Gasteiger partial charge < -0.3 is 10.1 Å². The first-order valence-corrected chi connectivity index (χ1v) is 13.9. The van der Waals surface area contributed by atoms with E-state index in [-0.39, 0.29) is 16.6 Å². The minimum absolute atomic E-state index is 0.0891. The summed E-state index contributed by atoms with van der Waals surface area (Å²) in [6.07, 6.45) is 1.76. The van der Waals surface area contributed by atoms with Crippen LogP contribution in [0.2, 0.25) is 0 Å². The molecule has 1 aliphatic heterocycles. The fourth-order valence-corrected chi connectivity index (χ4v) is 6.35. The van der Waals surface area contributed by atoms with Crippen molar-refractivity contribution >= 4 is 81.6 Å². The molecule has 1 saturated heterocycles. The van der Waals surface area contributed by atoms with Crippen molar-refractivity contribution in [3.8, 4) is 5.75 Å². The standard InChI is InChI=1S/C23H21Br2N3O4S2/c24-16-4-9-19-15(13-16)3-10-20(22(19)25)32-14-21(29)27-23(33)26-17-5-7-18(8-6-17)34(30,31)28-11-1-2-12-28/h3-10,13H,1-2,11-12,14H2,(H2,26,27,29,33). The number of hydrogen-bond acceptors (Lipinski definition) is 5. The lowest BCUT2D eigenvalue weighted by molar-refractivity contribution is -0.121. The van der Waals surface area contributed by atoms with Crippen LogP contribution >= 0.6 is 44.1 Å². The van der Waals surface area contributed by atoms with Crippen LogP contribution < -0.4 is 15.4 Å². The van der Waals surface area contributed by atoms with Crippen molar-refractivity contribution in [2.75, 3.05) is 25.0 Å². The monoisotopic (exact) mass is 625 g/mol. The van der Waals surface area contributed by atoms with Gasteiger partial charge in [-0.3, -0.25) is 10.1 Å². The van der Waals surface area contributed by atoms with E-state index in [1.165, 1.54) is 16.4 Å². The summed E-state index contributed by atoms with van der Waals surface area (Å²) < 4.78 is 34.1. The van der Waals surface area contributed by atoms with E-state index < -0.39 is 15.9 Å². The van der Waals surface area contributed by atoms with Crippen molar-refractivity contribution in [2.45, 2.75) is 17.7 Å². The van der Waals surface area contributed by atoms with Crippen molar-refractivity contribution < 1.29 is 17.9 Å². The molecule has 11 heteroatoms. The Hall–Kier alpha value is -2.05. The molecule has 4 rings (SSSR count). The van der Waals surface area contributed by atoms with Crippen molar-refractivity contribution in [1.29, 1.82) is 0 Å². The number of amides is 1. The Kier molecular flexibility index (Phi) is 7.88. The zero-order chi connectivity index (χ0) is 24.3. The van der Waals surface area contributed by atoms with E-state index in [1.807, 2.05) is 24.3 Å². The van der Waals surface area contributed by atoms with Crippen molar-refractivity contribution in [2.24, 2.45) is 0 Å². The SMILES string of the molecule is O=C(COc1ccc2cc(Br)ccc2c1Br)NC(=S)Nc1ccc(S(=O)(=O)N2CCCC2)cc1. The maximum Gasteiger partial charge on any atom is 0.264 e. The lowest BCUT2D eigenvalue weighted by atomic mass is 10.1. The average Bonchev–Trinajstić information content (AvgIpc) is 3.35. The Balaban J connectivity index is 1.31. The molecule has 1 heterocycles. The molecule has 1 fully saturated rings. The van der Waals surface area contributed by atoms with Crippen LogP contribution in [0.4, 0.5) is 5.69 Å². The van der Waals surface area contributed by atoms with Crippen LogP contribution in [-0.2, 0) is 14.8 Å². The molecule has 3 aromatic carbocycles. The second-order valence-electron chi connectivity index (χ2n) is 7.67. The van der Waals surface area contributed by atoms with Gasteiger partial charge in [-0.25, -0.2) is 8.42 Å². The largest absolute Gasteiger partial charge is 0.483 e. The number of thiocarbonyl (C=S) groups is 1. The number of hydrogen-bond donors (Lipinski definition) is 2. The van der Waals surface area contributed by atoms with Crippen LogP contribution in [0.15, 0.2) is 68.4 Å². The molecule has 3 aromatic rings. The van der Waals surface area contributed by atoms with Gasteiger partial charge in [0.05, 0.1) is 9.37 Å².